The molecule has 4 N–H and O–H groups in total. The third-order valence-corrected chi connectivity index (χ3v) is 20.9. The van der Waals surface area contributed by atoms with Crippen LogP contribution in [0, 0.1) is 5.92 Å². The molecule has 2 aliphatic carbocycles. The zero-order valence-corrected chi connectivity index (χ0v) is 57.0. The molecule has 4 aromatic carbocycles. The van der Waals surface area contributed by atoms with Crippen molar-refractivity contribution in [2.75, 3.05) is 110 Å². The predicted molar refractivity (Wildman–Crippen MR) is 360 cm³/mol. The largest absolute Gasteiger partial charge is 0.497 e. The summed E-state index contributed by atoms with van der Waals surface area (Å²) in [6.45, 7) is 1.67. The Balaban J connectivity index is 0.000000221. The van der Waals surface area contributed by atoms with Crippen LogP contribution < -0.4 is 29.6 Å². The highest BCUT2D eigenvalue weighted by Gasteiger charge is 2.36. The number of likely N-dealkylation sites (N-methyl/N-ethyl adjacent to an activating group) is 2. The Bertz CT molecular complexity index is 4090. The van der Waals surface area contributed by atoms with E-state index in [1.165, 1.54) is 56.4 Å². The van der Waals surface area contributed by atoms with E-state index in [9.17, 15) is 45.6 Å². The van der Waals surface area contributed by atoms with Gasteiger partial charge in [0.05, 0.1) is 64.4 Å². The Labute approximate surface area is 550 Å². The van der Waals surface area contributed by atoms with Gasteiger partial charge in [-0.2, -0.15) is 25.4 Å². The molecule has 2 saturated carbocycles. The van der Waals surface area contributed by atoms with Gasteiger partial charge in [0.25, 0.3) is 17.7 Å². The Hall–Kier alpha value is -8.14. The number of fused-ring (bicyclic) bond motifs is 10. The Morgan fingerprint density at radius 1 is 0.553 bits per heavy atom. The number of hydrogen-bond donors (Lipinski definition) is 4. The van der Waals surface area contributed by atoms with Crippen LogP contribution in [0.1, 0.15) is 119 Å². The lowest BCUT2D eigenvalue weighted by Crippen LogP contribution is -2.42. The number of aromatic nitrogens is 2. The van der Waals surface area contributed by atoms with Gasteiger partial charge in [-0.1, -0.05) is 50.7 Å². The second kappa shape index (κ2) is 30.5. The third kappa shape index (κ3) is 15.6. The van der Waals surface area contributed by atoms with Crippen LogP contribution in [0.5, 0.6) is 11.5 Å². The number of nitrogens with zero attached hydrogens (tertiary/aromatic N) is 6. The molecule has 4 heterocycles. The number of carbonyl (C=O) groups excluding carboxylic acids is 6. The fourth-order valence-electron chi connectivity index (χ4n) is 13.3. The summed E-state index contributed by atoms with van der Waals surface area (Å²) in [7, 11) is 6.92. The smallest absolute Gasteiger partial charge is 0.303 e. The Kier molecular flexibility index (Phi) is 22.8. The molecule has 10 rings (SSSR count). The molecule has 6 aromatic rings. The second-order valence-electron chi connectivity index (χ2n) is 24.9. The Morgan fingerprint density at radius 3 is 1.51 bits per heavy atom. The molecule has 4 aliphatic rings. The van der Waals surface area contributed by atoms with E-state index >= 15 is 0 Å². The number of benzene rings is 4. The molecule has 24 nitrogen and oxygen atoms in total. The van der Waals surface area contributed by atoms with E-state index in [1.807, 2.05) is 54.6 Å². The van der Waals surface area contributed by atoms with Crippen LogP contribution in [-0.2, 0) is 68.6 Å². The quantitative estimate of drug-likeness (QED) is 0.0508. The van der Waals surface area contributed by atoms with Gasteiger partial charge < -0.3 is 48.5 Å². The highest BCUT2D eigenvalue weighted by atomic mass is 32.2. The third-order valence-electron chi connectivity index (χ3n) is 18.1. The van der Waals surface area contributed by atoms with Gasteiger partial charge in [0.2, 0.25) is 17.7 Å². The zero-order chi connectivity index (χ0) is 67.8. The maximum absolute atomic E-state index is 14.1. The summed E-state index contributed by atoms with van der Waals surface area (Å²) in [5, 5.41) is 7.47. The van der Waals surface area contributed by atoms with Crippen molar-refractivity contribution in [2.24, 2.45) is 5.92 Å². The molecule has 506 valence electrons. The second-order valence-corrected chi connectivity index (χ2v) is 28.6. The molecule has 2 aromatic heterocycles. The molecule has 26 heteroatoms. The van der Waals surface area contributed by atoms with Crippen LogP contribution in [0.15, 0.2) is 78.4 Å². The maximum atomic E-state index is 14.1. The lowest BCUT2D eigenvalue weighted by molar-refractivity contribution is -0.138. The van der Waals surface area contributed by atoms with E-state index in [0.717, 1.165) is 121 Å². The lowest BCUT2D eigenvalue weighted by atomic mass is 9.81. The van der Waals surface area contributed by atoms with Crippen LogP contribution in [0.25, 0.3) is 50.4 Å². The summed E-state index contributed by atoms with van der Waals surface area (Å²) in [5.74, 6) is -1.21. The number of hydrogen-bond acceptors (Lipinski definition) is 14. The normalized spacial score (nSPS) is 15.8. The molecule has 1 atom stereocenters. The standard InChI is InChI=1S/C34H45N5O7S.C34H43N5O7S/c2*1-37(2)47(43,44)36-33(41)23-11-13-28-29(19-23)39-20-25(34(42)38(3)21-30(40)35-15-16-45-4)17-24-18-26(46-5)12-14-27(24)32(39)31(28)22-9-7-6-8-10-22/h11-14,18-19,22,25H,6-10,15-17,20-21H2,1-5H3,(H,35,40)(H,36,41);11-14,17-19,22H,6-10,15-16,20-21H2,1-5H3,(H,35,40)(H,36,41). The number of ether oxygens (including phenoxy) is 4. The van der Waals surface area contributed by atoms with Crippen molar-refractivity contribution in [3.8, 4) is 34.0 Å². The summed E-state index contributed by atoms with van der Waals surface area (Å²) in [4.78, 5) is 82.5. The van der Waals surface area contributed by atoms with Crippen LogP contribution in [-0.4, -0.2) is 190 Å². The summed E-state index contributed by atoms with van der Waals surface area (Å²) in [5.41, 5.74) is 10.3. The number of nitrogens with one attached hydrogen (secondary N) is 4. The highest BCUT2D eigenvalue weighted by molar-refractivity contribution is 7.88. The summed E-state index contributed by atoms with van der Waals surface area (Å²) in [6.07, 6.45) is 13.2. The molecule has 0 bridgehead atoms. The zero-order valence-electron chi connectivity index (χ0n) is 55.4. The van der Waals surface area contributed by atoms with Crippen molar-refractivity contribution >= 4 is 83.7 Å². The van der Waals surface area contributed by atoms with Gasteiger partial charge in [-0.15, -0.1) is 0 Å². The van der Waals surface area contributed by atoms with Gasteiger partial charge in [-0.3, -0.25) is 28.8 Å². The molecule has 1 unspecified atom stereocenters. The van der Waals surface area contributed by atoms with Crippen LogP contribution in [0.2, 0.25) is 0 Å². The number of methoxy groups -OCH3 is 4. The minimum Gasteiger partial charge on any atom is -0.497 e. The van der Waals surface area contributed by atoms with Gasteiger partial charge >= 0.3 is 20.4 Å². The van der Waals surface area contributed by atoms with Crippen molar-refractivity contribution in [2.45, 2.75) is 95.6 Å². The van der Waals surface area contributed by atoms with Gasteiger partial charge in [-0.25, -0.2) is 9.44 Å². The van der Waals surface area contributed by atoms with E-state index in [1.54, 1.807) is 66.8 Å². The number of rotatable bonds is 22. The molecule has 0 radical (unpaired) electrons. The summed E-state index contributed by atoms with van der Waals surface area (Å²) < 4.78 is 81.5. The predicted octanol–water partition coefficient (Wildman–Crippen LogP) is 6.81. The topological polar surface area (TPSA) is 279 Å². The number of amides is 6. The van der Waals surface area contributed by atoms with Crippen LogP contribution >= 0.6 is 0 Å². The summed E-state index contributed by atoms with van der Waals surface area (Å²) >= 11 is 0. The molecule has 6 amide bonds. The van der Waals surface area contributed by atoms with E-state index in [-0.39, 0.29) is 66.2 Å². The van der Waals surface area contributed by atoms with Crippen molar-refractivity contribution in [1.82, 2.24) is 47.6 Å². The van der Waals surface area contributed by atoms with Gasteiger partial charge in [0.1, 0.15) is 11.5 Å². The van der Waals surface area contributed by atoms with E-state index in [4.69, 9.17) is 18.9 Å². The average molecular weight is 1330 g/mol. The average Bonchev–Trinajstić information content (AvgIpc) is 1.58. The minimum atomic E-state index is -4.01. The molecule has 2 fully saturated rings. The Morgan fingerprint density at radius 2 is 1.02 bits per heavy atom. The molecule has 0 saturated heterocycles. The van der Waals surface area contributed by atoms with E-state index in [0.29, 0.717) is 56.3 Å². The first-order valence-corrected chi connectivity index (χ1v) is 34.7. The molecule has 94 heavy (non-hydrogen) atoms. The fourth-order valence-corrected chi connectivity index (χ4v) is 14.4. The maximum Gasteiger partial charge on any atom is 0.303 e. The molecular formula is C68H88N10O14S2. The minimum absolute atomic E-state index is 0.0959. The number of carbonyl (C=O) groups is 6. The van der Waals surface area contributed by atoms with Crippen molar-refractivity contribution in [3.05, 3.63) is 112 Å². The monoisotopic (exact) mass is 1330 g/mol. The van der Waals surface area contributed by atoms with Gasteiger partial charge in [-0.05, 0) is 133 Å². The van der Waals surface area contributed by atoms with Crippen molar-refractivity contribution in [1.29, 1.82) is 0 Å². The van der Waals surface area contributed by atoms with Crippen molar-refractivity contribution in [3.63, 3.8) is 0 Å². The first-order valence-electron chi connectivity index (χ1n) is 31.8. The molecule has 0 spiro atoms. The van der Waals surface area contributed by atoms with E-state index in [2.05, 4.69) is 29.2 Å². The first-order chi connectivity index (χ1) is 44.9. The van der Waals surface area contributed by atoms with Gasteiger partial charge in [0, 0.05) is 126 Å². The first kappa shape index (κ1) is 70.2. The fraction of sp³-hybridized carbons (Fsp3) is 0.471. The van der Waals surface area contributed by atoms with Crippen LogP contribution in [0.3, 0.4) is 0 Å². The van der Waals surface area contributed by atoms with Gasteiger partial charge in [0.15, 0.2) is 0 Å². The van der Waals surface area contributed by atoms with Crippen molar-refractivity contribution < 1.29 is 64.6 Å². The molecular weight excluding hydrogens is 1240 g/mol. The SMILES string of the molecule is COCCNC(=O)CN(C)C(=O)C1=Cc2cc(OC)ccc2-c2c(C3CCCCC3)c3ccc(C(=O)NS(=O)(=O)N(C)C)cc3n2C1.COCCNC(=O)CN(C)C(=O)C1Cc2cc(OC)ccc2-c2c(C3CCCCC3)c3ccc(C(=O)NS(=O)(=O)N(C)C)cc3n2C1. The van der Waals surface area contributed by atoms with Crippen LogP contribution in [0.4, 0.5) is 0 Å². The summed E-state index contributed by atoms with van der Waals surface area (Å²) in [6, 6.07) is 22.3. The van der Waals surface area contributed by atoms with E-state index < -0.39 is 38.2 Å². The lowest BCUT2D eigenvalue weighted by Gasteiger charge is -2.24. The molecule has 2 aliphatic heterocycles. The highest BCUT2D eigenvalue weighted by Crippen LogP contribution is 2.49.